The molecule has 0 unspecified atom stereocenters. The number of benzene rings is 2. The number of hydrogen-bond donors (Lipinski definition) is 1. The summed E-state index contributed by atoms with van der Waals surface area (Å²) in [5, 5.41) is 16.8. The molecule has 0 saturated carbocycles. The van der Waals surface area contributed by atoms with Crippen molar-refractivity contribution in [2.75, 3.05) is 5.75 Å². The minimum absolute atomic E-state index is 0.0564. The molecule has 7 nitrogen and oxygen atoms in total. The maximum absolute atomic E-state index is 12.4. The molecule has 0 fully saturated rings. The van der Waals surface area contributed by atoms with Gasteiger partial charge in [0, 0.05) is 5.56 Å². The van der Waals surface area contributed by atoms with Crippen LogP contribution in [0.15, 0.2) is 54.7 Å². The molecule has 27 heavy (non-hydrogen) atoms. The highest BCUT2D eigenvalue weighted by molar-refractivity contribution is 7.90. The standard InChI is InChI=1S/C19H19N3O4S/c1-14-2-6-16(7-3-14)18-12-22(21-20-18)13-27(25,26)11-10-15-4-8-17(9-5-15)19(23)24/h2-9,12H,10-11,13H2,1H3,(H,23,24). The van der Waals surface area contributed by atoms with E-state index in [1.807, 2.05) is 31.2 Å². The molecule has 0 saturated heterocycles. The average Bonchev–Trinajstić information content (AvgIpc) is 3.08. The van der Waals surface area contributed by atoms with Gasteiger partial charge in [0.25, 0.3) is 0 Å². The van der Waals surface area contributed by atoms with Crippen molar-refractivity contribution in [1.82, 2.24) is 15.0 Å². The summed E-state index contributed by atoms with van der Waals surface area (Å²) < 4.78 is 26.0. The Hall–Kier alpha value is -3.00. The van der Waals surface area contributed by atoms with E-state index in [2.05, 4.69) is 10.3 Å². The van der Waals surface area contributed by atoms with Crippen molar-refractivity contribution in [1.29, 1.82) is 0 Å². The smallest absolute Gasteiger partial charge is 0.335 e. The second kappa shape index (κ2) is 7.71. The summed E-state index contributed by atoms with van der Waals surface area (Å²) in [5.41, 5.74) is 3.57. The number of aromatic nitrogens is 3. The normalized spacial score (nSPS) is 11.4. The topological polar surface area (TPSA) is 102 Å². The maximum Gasteiger partial charge on any atom is 0.335 e. The lowest BCUT2D eigenvalue weighted by Gasteiger charge is -2.05. The molecule has 2 aromatic carbocycles. The zero-order chi connectivity index (χ0) is 19.4. The van der Waals surface area contributed by atoms with Crippen LogP contribution in [0.1, 0.15) is 21.5 Å². The van der Waals surface area contributed by atoms with Crippen LogP contribution < -0.4 is 0 Å². The van der Waals surface area contributed by atoms with Gasteiger partial charge in [-0.25, -0.2) is 17.9 Å². The molecule has 0 radical (unpaired) electrons. The number of carboxylic acids is 1. The van der Waals surface area contributed by atoms with Crippen molar-refractivity contribution in [3.05, 3.63) is 71.4 Å². The summed E-state index contributed by atoms with van der Waals surface area (Å²) in [6.45, 7) is 1.99. The van der Waals surface area contributed by atoms with Crippen molar-refractivity contribution in [2.24, 2.45) is 0 Å². The maximum atomic E-state index is 12.4. The second-order valence-electron chi connectivity index (χ2n) is 6.34. The van der Waals surface area contributed by atoms with Gasteiger partial charge < -0.3 is 5.11 Å². The zero-order valence-electron chi connectivity index (χ0n) is 14.7. The number of carboxylic acid groups (broad SMARTS) is 1. The fraction of sp³-hybridized carbons (Fsp3) is 0.211. The fourth-order valence-electron chi connectivity index (χ4n) is 2.57. The van der Waals surface area contributed by atoms with Crippen LogP contribution in [0.2, 0.25) is 0 Å². The Morgan fingerprint density at radius 3 is 2.37 bits per heavy atom. The lowest BCUT2D eigenvalue weighted by Crippen LogP contribution is -2.16. The SMILES string of the molecule is Cc1ccc(-c2cn(CS(=O)(=O)CCc3ccc(C(=O)O)cc3)nn2)cc1. The number of aromatic carboxylic acids is 1. The molecule has 0 amide bonds. The Labute approximate surface area is 157 Å². The molecule has 1 aromatic heterocycles. The third-order valence-corrected chi connectivity index (χ3v) is 5.60. The van der Waals surface area contributed by atoms with Crippen LogP contribution >= 0.6 is 0 Å². The van der Waals surface area contributed by atoms with Gasteiger partial charge in [0.05, 0.1) is 17.5 Å². The first-order chi connectivity index (χ1) is 12.8. The van der Waals surface area contributed by atoms with Crippen molar-refractivity contribution < 1.29 is 18.3 Å². The Balaban J connectivity index is 1.62. The highest BCUT2D eigenvalue weighted by Crippen LogP contribution is 2.17. The van der Waals surface area contributed by atoms with Crippen molar-refractivity contribution in [3.63, 3.8) is 0 Å². The van der Waals surface area contributed by atoms with E-state index in [-0.39, 0.29) is 17.2 Å². The van der Waals surface area contributed by atoms with Crippen LogP contribution in [-0.4, -0.2) is 40.2 Å². The van der Waals surface area contributed by atoms with E-state index in [1.165, 1.54) is 16.8 Å². The van der Waals surface area contributed by atoms with E-state index >= 15 is 0 Å². The van der Waals surface area contributed by atoms with Gasteiger partial charge in [0.1, 0.15) is 11.6 Å². The predicted octanol–water partition coefficient (Wildman–Crippen LogP) is 2.57. The molecular formula is C19H19N3O4S. The average molecular weight is 385 g/mol. The first-order valence-corrected chi connectivity index (χ1v) is 10.1. The van der Waals surface area contributed by atoms with E-state index in [0.717, 1.165) is 16.7 Å². The van der Waals surface area contributed by atoms with Gasteiger partial charge in [-0.15, -0.1) is 5.10 Å². The number of nitrogens with zero attached hydrogens (tertiary/aromatic N) is 3. The first-order valence-electron chi connectivity index (χ1n) is 8.32. The molecule has 1 N–H and O–H groups in total. The molecule has 3 aromatic rings. The molecular weight excluding hydrogens is 366 g/mol. The van der Waals surface area contributed by atoms with E-state index in [9.17, 15) is 13.2 Å². The van der Waals surface area contributed by atoms with E-state index in [0.29, 0.717) is 12.1 Å². The van der Waals surface area contributed by atoms with E-state index in [4.69, 9.17) is 5.11 Å². The molecule has 8 heteroatoms. The van der Waals surface area contributed by atoms with Crippen molar-refractivity contribution in [2.45, 2.75) is 19.2 Å². The molecule has 0 atom stereocenters. The molecule has 3 rings (SSSR count). The monoisotopic (exact) mass is 385 g/mol. The number of sulfone groups is 1. The summed E-state index contributed by atoms with van der Waals surface area (Å²) in [6.07, 6.45) is 1.92. The number of carbonyl (C=O) groups is 1. The molecule has 0 aliphatic rings. The molecule has 0 bridgehead atoms. The Bertz CT molecular complexity index is 1040. The minimum atomic E-state index is -3.39. The van der Waals surface area contributed by atoms with Gasteiger partial charge in [-0.1, -0.05) is 47.2 Å². The van der Waals surface area contributed by atoms with Crippen LogP contribution in [0.5, 0.6) is 0 Å². The van der Waals surface area contributed by atoms with Crippen LogP contribution in [0.25, 0.3) is 11.3 Å². The molecule has 1 heterocycles. The summed E-state index contributed by atoms with van der Waals surface area (Å²) in [4.78, 5) is 10.8. The van der Waals surface area contributed by atoms with Crippen molar-refractivity contribution >= 4 is 15.8 Å². The van der Waals surface area contributed by atoms with Crippen LogP contribution in [-0.2, 0) is 22.1 Å². The van der Waals surface area contributed by atoms with Gasteiger partial charge in [0.15, 0.2) is 9.84 Å². The van der Waals surface area contributed by atoms with Crippen LogP contribution in [0.3, 0.4) is 0 Å². The number of hydrogen-bond acceptors (Lipinski definition) is 5. The third kappa shape index (κ3) is 5.01. The summed E-state index contributed by atoms with van der Waals surface area (Å²) >= 11 is 0. The van der Waals surface area contributed by atoms with Crippen molar-refractivity contribution in [3.8, 4) is 11.3 Å². The van der Waals surface area contributed by atoms with Gasteiger partial charge in [-0.3, -0.25) is 0 Å². The molecule has 0 aliphatic heterocycles. The highest BCUT2D eigenvalue weighted by atomic mass is 32.2. The van der Waals surface area contributed by atoms with Gasteiger partial charge in [0.2, 0.25) is 0 Å². The summed E-state index contributed by atoms with van der Waals surface area (Å²) in [7, 11) is -3.39. The predicted molar refractivity (Wildman–Crippen MR) is 101 cm³/mol. The van der Waals surface area contributed by atoms with E-state index in [1.54, 1.807) is 18.3 Å². The third-order valence-electron chi connectivity index (χ3n) is 4.12. The fourth-order valence-corrected chi connectivity index (χ4v) is 3.78. The highest BCUT2D eigenvalue weighted by Gasteiger charge is 2.14. The largest absolute Gasteiger partial charge is 0.478 e. The first kappa shape index (κ1) is 18.8. The Morgan fingerprint density at radius 1 is 1.07 bits per heavy atom. The lowest BCUT2D eigenvalue weighted by atomic mass is 10.1. The second-order valence-corrected chi connectivity index (χ2v) is 8.49. The minimum Gasteiger partial charge on any atom is -0.478 e. The van der Waals surface area contributed by atoms with Crippen LogP contribution in [0, 0.1) is 6.92 Å². The van der Waals surface area contributed by atoms with Gasteiger partial charge in [-0.2, -0.15) is 0 Å². The summed E-state index contributed by atoms with van der Waals surface area (Å²) in [5.74, 6) is -1.32. The quantitative estimate of drug-likeness (QED) is 0.671. The molecule has 0 aliphatic carbocycles. The number of rotatable bonds is 7. The number of aryl methyl sites for hydroxylation is 2. The molecule has 140 valence electrons. The van der Waals surface area contributed by atoms with Gasteiger partial charge in [-0.05, 0) is 31.0 Å². The molecule has 0 spiro atoms. The zero-order valence-corrected chi connectivity index (χ0v) is 15.6. The van der Waals surface area contributed by atoms with Crippen LogP contribution in [0.4, 0.5) is 0 Å². The lowest BCUT2D eigenvalue weighted by molar-refractivity contribution is 0.0697. The van der Waals surface area contributed by atoms with Gasteiger partial charge >= 0.3 is 5.97 Å². The Morgan fingerprint density at radius 2 is 1.74 bits per heavy atom. The van der Waals surface area contributed by atoms with E-state index < -0.39 is 15.8 Å². The summed E-state index contributed by atoms with van der Waals surface area (Å²) in [6, 6.07) is 13.9. The Kier molecular flexibility index (Phi) is 5.36.